The van der Waals surface area contributed by atoms with Crippen LogP contribution in [0.15, 0.2) is 61.7 Å². The van der Waals surface area contributed by atoms with E-state index in [0.29, 0.717) is 34.8 Å². The number of ether oxygens (including phenoxy) is 1. The van der Waals surface area contributed by atoms with Gasteiger partial charge in [-0.3, -0.25) is 24.1 Å². The first-order valence-corrected chi connectivity index (χ1v) is 14.4. The molecule has 0 aromatic heterocycles. The predicted octanol–water partition coefficient (Wildman–Crippen LogP) is 4.91. The number of carbonyl (C=O) groups excluding carboxylic acids is 3. The fourth-order valence-electron chi connectivity index (χ4n) is 4.24. The van der Waals surface area contributed by atoms with Crippen LogP contribution in [0.4, 0.5) is 21.9 Å². The van der Waals surface area contributed by atoms with Gasteiger partial charge in [0.25, 0.3) is 5.91 Å². The predicted molar refractivity (Wildman–Crippen MR) is 158 cm³/mol. The number of benzene rings is 2. The van der Waals surface area contributed by atoms with Gasteiger partial charge in [0.2, 0.25) is 15.9 Å². The van der Waals surface area contributed by atoms with Crippen molar-refractivity contribution in [1.29, 1.82) is 0 Å². The van der Waals surface area contributed by atoms with Crippen molar-refractivity contribution in [2.45, 2.75) is 39.0 Å². The molecule has 10 nitrogen and oxygen atoms in total. The molecule has 0 spiro atoms. The molecule has 1 aliphatic heterocycles. The van der Waals surface area contributed by atoms with Crippen LogP contribution in [0.5, 0.6) is 5.75 Å². The van der Waals surface area contributed by atoms with E-state index in [9.17, 15) is 22.8 Å². The summed E-state index contributed by atoms with van der Waals surface area (Å²) in [5, 5.41) is 2.82. The molecule has 0 unspecified atom stereocenters. The number of amides is 4. The van der Waals surface area contributed by atoms with Gasteiger partial charge in [0.05, 0.1) is 18.4 Å². The molecule has 3 rings (SSSR count). The zero-order valence-corrected chi connectivity index (χ0v) is 24.1. The van der Waals surface area contributed by atoms with Gasteiger partial charge < -0.3 is 10.1 Å². The monoisotopic (exact) mass is 568 g/mol. The number of carbonyl (C=O) groups is 3. The number of sulfonamides is 1. The Morgan fingerprint density at radius 3 is 2.30 bits per heavy atom. The van der Waals surface area contributed by atoms with Crippen LogP contribution in [0.2, 0.25) is 0 Å². The minimum absolute atomic E-state index is 0.0831. The number of imide groups is 1. The van der Waals surface area contributed by atoms with Crippen LogP contribution in [0, 0.1) is 0 Å². The standard InChI is InChI=1S/C29H36N4O6S/c1-7-9-17-40(37,38)31-21-12-10-20(11-13-21)30-27(35)23-18-22(19-24(26(23)39-6)29(3,4)5)32-16-14-25(34)33(15-8-2)28(32)36/h7-8,10-13,18-19,31H,1-2,9,14-17H2,3-6H3,(H,30,35). The lowest BCUT2D eigenvalue weighted by Crippen LogP contribution is -2.52. The van der Waals surface area contributed by atoms with E-state index in [1.165, 1.54) is 24.2 Å². The number of urea groups is 1. The van der Waals surface area contributed by atoms with Crippen molar-refractivity contribution < 1.29 is 27.5 Å². The van der Waals surface area contributed by atoms with Gasteiger partial charge in [0.1, 0.15) is 5.75 Å². The van der Waals surface area contributed by atoms with E-state index in [0.717, 1.165) is 4.90 Å². The summed E-state index contributed by atoms with van der Waals surface area (Å²) in [6.45, 7) is 13.3. The van der Waals surface area contributed by atoms with Gasteiger partial charge >= 0.3 is 6.03 Å². The minimum atomic E-state index is -3.52. The molecule has 0 saturated carbocycles. The van der Waals surface area contributed by atoms with Gasteiger partial charge in [-0.25, -0.2) is 13.2 Å². The Kier molecular flexibility index (Phi) is 9.41. The molecule has 2 N–H and O–H groups in total. The molecule has 1 saturated heterocycles. The molecular formula is C29H36N4O6S. The average molecular weight is 569 g/mol. The third-order valence-corrected chi connectivity index (χ3v) is 7.59. The maximum atomic E-state index is 13.5. The molecule has 2 aromatic carbocycles. The van der Waals surface area contributed by atoms with Crippen LogP contribution in [0.3, 0.4) is 0 Å². The van der Waals surface area contributed by atoms with Crippen LogP contribution < -0.4 is 19.7 Å². The first-order valence-electron chi connectivity index (χ1n) is 12.8. The molecule has 1 aliphatic rings. The van der Waals surface area contributed by atoms with Crippen LogP contribution in [0.25, 0.3) is 0 Å². The third-order valence-electron chi connectivity index (χ3n) is 6.27. The van der Waals surface area contributed by atoms with E-state index in [1.807, 2.05) is 26.8 Å². The number of methoxy groups -OCH3 is 1. The summed E-state index contributed by atoms with van der Waals surface area (Å²) in [6.07, 6.45) is 3.49. The maximum absolute atomic E-state index is 13.5. The lowest BCUT2D eigenvalue weighted by atomic mass is 9.84. The first-order chi connectivity index (χ1) is 18.8. The van der Waals surface area contributed by atoms with Crippen molar-refractivity contribution >= 4 is 44.9 Å². The zero-order chi connectivity index (χ0) is 29.7. The summed E-state index contributed by atoms with van der Waals surface area (Å²) < 4.78 is 32.5. The summed E-state index contributed by atoms with van der Waals surface area (Å²) in [7, 11) is -2.04. The van der Waals surface area contributed by atoms with Crippen molar-refractivity contribution in [3.8, 4) is 5.75 Å². The molecule has 0 aliphatic carbocycles. The number of rotatable bonds is 11. The summed E-state index contributed by atoms with van der Waals surface area (Å²) in [4.78, 5) is 41.7. The van der Waals surface area contributed by atoms with Gasteiger partial charge in [-0.15, -0.1) is 13.2 Å². The number of nitrogens with one attached hydrogen (secondary N) is 2. The lowest BCUT2D eigenvalue weighted by Gasteiger charge is -2.35. The van der Waals surface area contributed by atoms with Crippen LogP contribution in [-0.4, -0.2) is 57.1 Å². The van der Waals surface area contributed by atoms with E-state index in [-0.39, 0.29) is 36.7 Å². The molecule has 1 heterocycles. The van der Waals surface area contributed by atoms with Crippen molar-refractivity contribution in [2.24, 2.45) is 0 Å². The van der Waals surface area contributed by atoms with Gasteiger partial charge in [-0.05, 0) is 48.2 Å². The van der Waals surface area contributed by atoms with Gasteiger partial charge in [-0.2, -0.15) is 0 Å². The van der Waals surface area contributed by atoms with Gasteiger partial charge in [0, 0.05) is 42.1 Å². The van der Waals surface area contributed by atoms with Crippen molar-refractivity contribution in [3.63, 3.8) is 0 Å². The molecular weight excluding hydrogens is 532 g/mol. The third kappa shape index (κ3) is 7.09. The molecule has 11 heteroatoms. The summed E-state index contributed by atoms with van der Waals surface area (Å²) in [5.74, 6) is -0.480. The van der Waals surface area contributed by atoms with Crippen LogP contribution in [-0.2, 0) is 20.2 Å². The van der Waals surface area contributed by atoms with E-state index < -0.39 is 27.4 Å². The Labute approximate surface area is 235 Å². The molecule has 2 aromatic rings. The highest BCUT2D eigenvalue weighted by molar-refractivity contribution is 7.92. The fraction of sp³-hybridized carbons (Fsp3) is 0.345. The topological polar surface area (TPSA) is 125 Å². The van der Waals surface area contributed by atoms with E-state index in [2.05, 4.69) is 23.2 Å². The molecule has 0 bridgehead atoms. The Bertz CT molecular complexity index is 1410. The van der Waals surface area contributed by atoms with Crippen molar-refractivity contribution in [1.82, 2.24) is 4.90 Å². The Hall–Kier alpha value is -4.12. The summed E-state index contributed by atoms with van der Waals surface area (Å²) in [5.41, 5.74) is 1.73. The maximum Gasteiger partial charge on any atom is 0.331 e. The first kappa shape index (κ1) is 30.4. The molecule has 1 fully saturated rings. The number of allylic oxidation sites excluding steroid dienone is 1. The molecule has 4 amide bonds. The van der Waals surface area contributed by atoms with E-state index in [1.54, 1.807) is 30.3 Å². The number of anilines is 3. The highest BCUT2D eigenvalue weighted by Crippen LogP contribution is 2.39. The number of hydrogen-bond donors (Lipinski definition) is 2. The van der Waals surface area contributed by atoms with E-state index >= 15 is 0 Å². The average Bonchev–Trinajstić information content (AvgIpc) is 2.89. The molecule has 40 heavy (non-hydrogen) atoms. The van der Waals surface area contributed by atoms with Gasteiger partial charge in [0.15, 0.2) is 0 Å². The highest BCUT2D eigenvalue weighted by atomic mass is 32.2. The second-order valence-electron chi connectivity index (χ2n) is 10.3. The Morgan fingerprint density at radius 2 is 1.73 bits per heavy atom. The SMILES string of the molecule is C=CCCS(=O)(=O)Nc1ccc(NC(=O)c2cc(N3CCC(=O)N(CC=C)C3=O)cc(C(C)(C)C)c2OC)cc1. The fourth-order valence-corrected chi connectivity index (χ4v) is 5.32. The van der Waals surface area contributed by atoms with Crippen LogP contribution >= 0.6 is 0 Å². The Balaban J connectivity index is 1.95. The van der Waals surface area contributed by atoms with Gasteiger partial charge in [-0.1, -0.05) is 32.9 Å². The quantitative estimate of drug-likeness (QED) is 0.371. The Morgan fingerprint density at radius 1 is 1.07 bits per heavy atom. The minimum Gasteiger partial charge on any atom is -0.496 e. The van der Waals surface area contributed by atoms with Crippen molar-refractivity contribution in [3.05, 3.63) is 72.8 Å². The van der Waals surface area contributed by atoms with Crippen molar-refractivity contribution in [2.75, 3.05) is 40.9 Å². The van der Waals surface area contributed by atoms with E-state index in [4.69, 9.17) is 4.74 Å². The lowest BCUT2D eigenvalue weighted by molar-refractivity contribution is -0.128. The number of hydrogen-bond acceptors (Lipinski definition) is 6. The largest absolute Gasteiger partial charge is 0.496 e. The summed E-state index contributed by atoms with van der Waals surface area (Å²) in [6, 6.07) is 9.15. The number of nitrogens with zero attached hydrogens (tertiary/aromatic N) is 2. The molecule has 0 radical (unpaired) electrons. The highest BCUT2D eigenvalue weighted by Gasteiger charge is 2.34. The molecule has 214 valence electrons. The normalized spacial score (nSPS) is 14.1. The molecule has 0 atom stereocenters. The second kappa shape index (κ2) is 12.4. The zero-order valence-electron chi connectivity index (χ0n) is 23.3. The smallest absolute Gasteiger partial charge is 0.331 e. The second-order valence-corrected chi connectivity index (χ2v) is 12.2. The van der Waals surface area contributed by atoms with Crippen LogP contribution in [0.1, 0.15) is 49.5 Å². The summed E-state index contributed by atoms with van der Waals surface area (Å²) >= 11 is 0.